The Morgan fingerprint density at radius 2 is 2.05 bits per heavy atom. The molecule has 0 aromatic heterocycles. The van der Waals surface area contributed by atoms with Crippen molar-refractivity contribution in [2.45, 2.75) is 18.6 Å². The zero-order chi connectivity index (χ0) is 15.5. The maximum Gasteiger partial charge on any atom is 0.347 e. The van der Waals surface area contributed by atoms with E-state index in [9.17, 15) is 14.7 Å². The minimum atomic E-state index is -2.09. The Bertz CT molecular complexity index is 562. The van der Waals surface area contributed by atoms with E-state index in [0.29, 0.717) is 5.75 Å². The number of esters is 2. The predicted molar refractivity (Wildman–Crippen MR) is 72.5 cm³/mol. The molecule has 2 rings (SSSR count). The highest BCUT2D eigenvalue weighted by molar-refractivity contribution is 5.88. The van der Waals surface area contributed by atoms with Gasteiger partial charge in [0.15, 0.2) is 6.10 Å². The summed E-state index contributed by atoms with van der Waals surface area (Å²) in [6.07, 6.45) is 1.37. The third-order valence-electron chi connectivity index (χ3n) is 3.18. The van der Waals surface area contributed by atoms with Gasteiger partial charge in [-0.15, -0.1) is 0 Å². The average Bonchev–Trinajstić information content (AvgIpc) is 2.93. The number of carbonyl (C=O) groups is 2. The number of methoxy groups -OCH3 is 1. The topological polar surface area (TPSA) is 82.1 Å². The summed E-state index contributed by atoms with van der Waals surface area (Å²) in [5.41, 5.74) is -1.84. The van der Waals surface area contributed by atoms with Gasteiger partial charge in [-0.2, -0.15) is 0 Å². The first-order chi connectivity index (χ1) is 10.0. The summed E-state index contributed by atoms with van der Waals surface area (Å²) in [6, 6.07) is 6.24. The lowest BCUT2D eigenvalue weighted by Gasteiger charge is -2.30. The smallest absolute Gasteiger partial charge is 0.347 e. The molecular weight excluding hydrogens is 276 g/mol. The Labute approximate surface area is 121 Å². The van der Waals surface area contributed by atoms with Crippen molar-refractivity contribution in [2.24, 2.45) is 0 Å². The van der Waals surface area contributed by atoms with Gasteiger partial charge >= 0.3 is 11.9 Å². The highest BCUT2D eigenvalue weighted by Gasteiger charge is 2.50. The highest BCUT2D eigenvalue weighted by atomic mass is 16.6. The minimum absolute atomic E-state index is 0.0989. The molecule has 0 spiro atoms. The van der Waals surface area contributed by atoms with Crippen molar-refractivity contribution in [1.29, 1.82) is 0 Å². The number of carbonyl (C=O) groups excluding carboxylic acids is 2. The van der Waals surface area contributed by atoms with Crippen LogP contribution < -0.4 is 4.74 Å². The minimum Gasteiger partial charge on any atom is -0.497 e. The Hall–Kier alpha value is -2.34. The van der Waals surface area contributed by atoms with Crippen LogP contribution in [0.4, 0.5) is 0 Å². The monoisotopic (exact) mass is 292 g/mol. The molecule has 1 aromatic rings. The first kappa shape index (κ1) is 15.1. The van der Waals surface area contributed by atoms with Gasteiger partial charge in [-0.25, -0.2) is 9.59 Å². The quantitative estimate of drug-likeness (QED) is 0.813. The largest absolute Gasteiger partial charge is 0.497 e. The summed E-state index contributed by atoms with van der Waals surface area (Å²) in [6.45, 7) is 1.73. The number of ether oxygens (including phenoxy) is 3. The van der Waals surface area contributed by atoms with Gasteiger partial charge < -0.3 is 19.3 Å². The van der Waals surface area contributed by atoms with Crippen LogP contribution in [0.1, 0.15) is 12.5 Å². The zero-order valence-corrected chi connectivity index (χ0v) is 11.7. The molecule has 1 heterocycles. The molecule has 0 fully saturated rings. The Morgan fingerprint density at radius 3 is 2.52 bits per heavy atom. The van der Waals surface area contributed by atoms with Gasteiger partial charge in [0.1, 0.15) is 5.75 Å². The van der Waals surface area contributed by atoms with E-state index >= 15 is 0 Å². The van der Waals surface area contributed by atoms with Crippen LogP contribution >= 0.6 is 0 Å². The molecule has 1 aromatic carbocycles. The molecule has 1 N–H and O–H groups in total. The molecule has 0 aliphatic carbocycles. The van der Waals surface area contributed by atoms with E-state index in [2.05, 4.69) is 0 Å². The number of benzene rings is 1. The zero-order valence-electron chi connectivity index (χ0n) is 11.7. The predicted octanol–water partition coefficient (Wildman–Crippen LogP) is 0.927. The van der Waals surface area contributed by atoms with E-state index in [1.54, 1.807) is 19.1 Å². The molecule has 6 nitrogen and oxygen atoms in total. The van der Waals surface area contributed by atoms with Crippen molar-refractivity contribution in [3.05, 3.63) is 42.0 Å². The summed E-state index contributed by atoms with van der Waals surface area (Å²) >= 11 is 0. The van der Waals surface area contributed by atoms with Gasteiger partial charge in [0.25, 0.3) is 0 Å². The first-order valence-electron chi connectivity index (χ1n) is 6.45. The maximum atomic E-state index is 12.2. The summed E-state index contributed by atoms with van der Waals surface area (Å²) in [4.78, 5) is 23.4. The van der Waals surface area contributed by atoms with Crippen LogP contribution in [0.25, 0.3) is 0 Å². The van der Waals surface area contributed by atoms with Gasteiger partial charge in [-0.05, 0) is 30.7 Å². The Morgan fingerprint density at radius 1 is 1.38 bits per heavy atom. The van der Waals surface area contributed by atoms with Crippen LogP contribution in [0.3, 0.4) is 0 Å². The van der Waals surface area contributed by atoms with Crippen LogP contribution in [0, 0.1) is 0 Å². The summed E-state index contributed by atoms with van der Waals surface area (Å²) in [5, 5.41) is 10.8. The third-order valence-corrected chi connectivity index (χ3v) is 3.18. The lowest BCUT2D eigenvalue weighted by molar-refractivity contribution is -0.181. The number of hydrogen-bond donors (Lipinski definition) is 1. The van der Waals surface area contributed by atoms with Gasteiger partial charge in [0.05, 0.1) is 13.7 Å². The molecule has 112 valence electrons. The van der Waals surface area contributed by atoms with Gasteiger partial charge in [-0.1, -0.05) is 12.1 Å². The lowest BCUT2D eigenvalue weighted by Crippen LogP contribution is -2.47. The van der Waals surface area contributed by atoms with E-state index in [-0.39, 0.29) is 12.2 Å². The summed E-state index contributed by atoms with van der Waals surface area (Å²) in [7, 11) is 1.51. The molecule has 2 atom stereocenters. The average molecular weight is 292 g/mol. The van der Waals surface area contributed by atoms with E-state index in [4.69, 9.17) is 14.2 Å². The molecule has 1 aliphatic heterocycles. The number of hydrogen-bond acceptors (Lipinski definition) is 6. The Kier molecular flexibility index (Phi) is 4.28. The van der Waals surface area contributed by atoms with Crippen molar-refractivity contribution >= 4 is 11.9 Å². The fourth-order valence-electron chi connectivity index (χ4n) is 2.08. The third kappa shape index (κ3) is 2.75. The van der Waals surface area contributed by atoms with Crippen LogP contribution in [-0.2, 0) is 24.7 Å². The summed E-state index contributed by atoms with van der Waals surface area (Å²) in [5.74, 6) is -0.917. The van der Waals surface area contributed by atoms with Crippen LogP contribution in [0.15, 0.2) is 36.4 Å². The van der Waals surface area contributed by atoms with Crippen molar-refractivity contribution in [3.63, 3.8) is 0 Å². The first-order valence-corrected chi connectivity index (χ1v) is 6.45. The molecular formula is C15H16O6. The normalized spacial score (nSPS) is 19.8. The lowest BCUT2D eigenvalue weighted by atomic mass is 9.88. The van der Waals surface area contributed by atoms with Crippen molar-refractivity contribution in [2.75, 3.05) is 13.7 Å². The van der Waals surface area contributed by atoms with E-state index < -0.39 is 23.6 Å². The maximum absolute atomic E-state index is 12.2. The van der Waals surface area contributed by atoms with Crippen LogP contribution in [-0.4, -0.2) is 36.9 Å². The number of rotatable bonds is 5. The second-order valence-corrected chi connectivity index (χ2v) is 4.43. The van der Waals surface area contributed by atoms with Crippen molar-refractivity contribution in [3.8, 4) is 5.75 Å². The molecule has 0 radical (unpaired) electrons. The van der Waals surface area contributed by atoms with Gasteiger partial charge in [0.2, 0.25) is 5.60 Å². The molecule has 6 heteroatoms. The van der Waals surface area contributed by atoms with Crippen LogP contribution in [0.2, 0.25) is 0 Å². The van der Waals surface area contributed by atoms with E-state index in [0.717, 1.165) is 0 Å². The molecule has 1 aliphatic rings. The van der Waals surface area contributed by atoms with Crippen molar-refractivity contribution < 1.29 is 28.9 Å². The number of aliphatic hydroxyl groups is 1. The highest BCUT2D eigenvalue weighted by Crippen LogP contribution is 2.33. The molecule has 21 heavy (non-hydrogen) atoms. The summed E-state index contributed by atoms with van der Waals surface area (Å²) < 4.78 is 14.9. The molecule has 0 bridgehead atoms. The molecule has 0 saturated carbocycles. The van der Waals surface area contributed by atoms with Gasteiger partial charge in [0, 0.05) is 6.08 Å². The SMILES string of the molecule is CCOC(=O)[C@](O)(c1ccc(OC)cc1)[C@H]1C=CC(=O)O1. The standard InChI is InChI=1S/C15H16O6/c1-3-20-14(17)15(18,12-8-9-13(16)21-12)10-4-6-11(19-2)7-5-10/h4-9,12,18H,3H2,1-2H3/t12-,15+/m1/s1. The fraction of sp³-hybridized carbons (Fsp3) is 0.333. The Balaban J connectivity index is 2.41. The number of cyclic esters (lactones) is 1. The van der Waals surface area contributed by atoms with Gasteiger partial charge in [-0.3, -0.25) is 0 Å². The molecule has 0 amide bonds. The second kappa shape index (κ2) is 5.97. The fourth-order valence-corrected chi connectivity index (χ4v) is 2.08. The van der Waals surface area contributed by atoms with Crippen LogP contribution in [0.5, 0.6) is 5.75 Å². The van der Waals surface area contributed by atoms with E-state index in [1.807, 2.05) is 0 Å². The molecule has 0 unspecified atom stereocenters. The van der Waals surface area contributed by atoms with E-state index in [1.165, 1.54) is 31.4 Å². The molecule has 0 saturated heterocycles. The van der Waals surface area contributed by atoms with Crippen molar-refractivity contribution in [1.82, 2.24) is 0 Å². The second-order valence-electron chi connectivity index (χ2n) is 4.43.